The molecule has 3 aromatic rings. The molecule has 0 bridgehead atoms. The van der Waals surface area contributed by atoms with Crippen LogP contribution in [-0.2, 0) is 9.47 Å². The molecule has 0 spiro atoms. The molecule has 2 unspecified atom stereocenters. The molecule has 0 amide bonds. The second-order valence-corrected chi connectivity index (χ2v) is 10.2. The second kappa shape index (κ2) is 14.3. The van der Waals surface area contributed by atoms with Crippen molar-refractivity contribution in [3.8, 4) is 22.3 Å². The number of aliphatic hydroxyl groups is 1. The molecule has 210 valence electrons. The topological polar surface area (TPSA) is 66.7 Å². The van der Waals surface area contributed by atoms with Gasteiger partial charge >= 0.3 is 0 Å². The van der Waals surface area contributed by atoms with E-state index in [0.717, 1.165) is 52.0 Å². The normalized spacial score (nSPS) is 17.4. The van der Waals surface area contributed by atoms with Crippen LogP contribution in [-0.4, -0.2) is 42.6 Å². The summed E-state index contributed by atoms with van der Waals surface area (Å²) in [6, 6.07) is 20.6. The number of aliphatic hydroxyl groups excluding tert-OH is 1. The SMILES string of the molecule is C=CN(/N=C\CCC)c1ccc(-c2ccc(-c3cc(N=C(CC)OC4COC(CO)C4)c(C)cc3Cl)cc2)cc1. The average molecular weight is 560 g/mol. The molecule has 1 aliphatic rings. The third-order valence-corrected chi connectivity index (χ3v) is 7.15. The van der Waals surface area contributed by atoms with Gasteiger partial charge in [-0.2, -0.15) is 5.10 Å². The minimum absolute atomic E-state index is 0.00430. The van der Waals surface area contributed by atoms with Crippen molar-refractivity contribution < 1.29 is 14.6 Å². The summed E-state index contributed by atoms with van der Waals surface area (Å²) in [5, 5.41) is 16.3. The highest BCUT2D eigenvalue weighted by Crippen LogP contribution is 2.36. The van der Waals surface area contributed by atoms with Crippen molar-refractivity contribution in [1.29, 1.82) is 0 Å². The fourth-order valence-corrected chi connectivity index (χ4v) is 4.87. The van der Waals surface area contributed by atoms with E-state index in [9.17, 15) is 5.11 Å². The van der Waals surface area contributed by atoms with Crippen molar-refractivity contribution in [3.05, 3.63) is 84.0 Å². The largest absolute Gasteiger partial charge is 0.475 e. The lowest BCUT2D eigenvalue weighted by Gasteiger charge is -2.15. The lowest BCUT2D eigenvalue weighted by molar-refractivity contribution is 0.0524. The predicted octanol–water partition coefficient (Wildman–Crippen LogP) is 8.32. The quantitative estimate of drug-likeness (QED) is 0.146. The van der Waals surface area contributed by atoms with E-state index in [1.165, 1.54) is 0 Å². The lowest BCUT2D eigenvalue weighted by atomic mass is 9.99. The first-order chi connectivity index (χ1) is 19.4. The number of hydrogen-bond acceptors (Lipinski definition) is 6. The minimum Gasteiger partial charge on any atom is -0.475 e. The first-order valence-electron chi connectivity index (χ1n) is 13.9. The van der Waals surface area contributed by atoms with Crippen molar-refractivity contribution >= 4 is 35.1 Å². The Morgan fingerprint density at radius 1 is 1.10 bits per heavy atom. The summed E-state index contributed by atoms with van der Waals surface area (Å²) >= 11 is 6.69. The number of unbranched alkanes of at least 4 members (excludes halogenated alkanes) is 1. The first kappa shape index (κ1) is 29.5. The van der Waals surface area contributed by atoms with Crippen LogP contribution in [0.1, 0.15) is 45.1 Å². The molecule has 1 fully saturated rings. The Hall–Kier alpha value is -3.45. The molecule has 1 heterocycles. The van der Waals surface area contributed by atoms with Crippen LogP contribution in [0, 0.1) is 6.92 Å². The number of nitrogens with zero attached hydrogens (tertiary/aromatic N) is 3. The molecule has 1 aliphatic heterocycles. The molecule has 0 aromatic heterocycles. The summed E-state index contributed by atoms with van der Waals surface area (Å²) in [5.74, 6) is 0.647. The van der Waals surface area contributed by atoms with E-state index < -0.39 is 0 Å². The van der Waals surface area contributed by atoms with Gasteiger partial charge in [0.1, 0.15) is 6.10 Å². The van der Waals surface area contributed by atoms with Gasteiger partial charge in [-0.25, -0.2) is 10.0 Å². The van der Waals surface area contributed by atoms with E-state index in [1.54, 1.807) is 11.2 Å². The van der Waals surface area contributed by atoms with Crippen LogP contribution < -0.4 is 5.01 Å². The molecular weight excluding hydrogens is 522 g/mol. The molecule has 0 saturated carbocycles. The van der Waals surface area contributed by atoms with Gasteiger partial charge in [-0.1, -0.05) is 74.8 Å². The summed E-state index contributed by atoms with van der Waals surface area (Å²) in [7, 11) is 0. The Morgan fingerprint density at radius 2 is 1.77 bits per heavy atom. The standard InChI is InChI=1S/C33H38ClN3O3/c1-5-8-17-35-37(7-3)27-15-13-25(14-16-27)24-9-11-26(12-10-24)30-20-32(23(4)18-31(30)34)36-33(6-2)40-29-19-28(21-38)39-22-29/h7,9-18,20,28-29,38H,3,5-6,8,19,21-22H2,1-2,4H3/b35-17-,36-33?. The highest BCUT2D eigenvalue weighted by Gasteiger charge is 2.27. The highest BCUT2D eigenvalue weighted by atomic mass is 35.5. The zero-order chi connectivity index (χ0) is 28.5. The molecule has 0 aliphatic carbocycles. The van der Waals surface area contributed by atoms with Gasteiger partial charge in [0, 0.05) is 35.8 Å². The van der Waals surface area contributed by atoms with E-state index in [0.29, 0.717) is 30.4 Å². The molecule has 3 aromatic carbocycles. The molecule has 40 heavy (non-hydrogen) atoms. The van der Waals surface area contributed by atoms with Gasteiger partial charge in [-0.3, -0.25) is 0 Å². The number of aliphatic imine (C=N–C) groups is 1. The zero-order valence-corrected chi connectivity index (χ0v) is 24.3. The molecular formula is C33H38ClN3O3. The Morgan fingerprint density at radius 3 is 2.38 bits per heavy atom. The number of hydrazone groups is 1. The third-order valence-electron chi connectivity index (χ3n) is 6.84. The Labute approximate surface area is 242 Å². The monoisotopic (exact) mass is 559 g/mol. The second-order valence-electron chi connectivity index (χ2n) is 9.83. The molecule has 6 nitrogen and oxygen atoms in total. The van der Waals surface area contributed by atoms with E-state index in [-0.39, 0.29) is 18.8 Å². The molecule has 1 N–H and O–H groups in total. The fourth-order valence-electron chi connectivity index (χ4n) is 4.54. The molecule has 1 saturated heterocycles. The number of rotatable bonds is 11. The molecule has 4 rings (SSSR count). The van der Waals surface area contributed by atoms with Crippen molar-refractivity contribution in [1.82, 2.24) is 0 Å². The van der Waals surface area contributed by atoms with Crippen LogP contribution in [0.4, 0.5) is 11.4 Å². The van der Waals surface area contributed by atoms with Crippen LogP contribution in [0.5, 0.6) is 0 Å². The van der Waals surface area contributed by atoms with Gasteiger partial charge in [-0.05, 0) is 59.9 Å². The summed E-state index contributed by atoms with van der Waals surface area (Å²) in [6.07, 6.45) is 6.67. The first-order valence-corrected chi connectivity index (χ1v) is 14.2. The zero-order valence-electron chi connectivity index (χ0n) is 23.5. The number of benzene rings is 3. The van der Waals surface area contributed by atoms with Gasteiger partial charge in [0.15, 0.2) is 5.90 Å². The number of aryl methyl sites for hydroxylation is 1. The van der Waals surface area contributed by atoms with E-state index in [4.69, 9.17) is 26.1 Å². The fraction of sp³-hybridized carbons (Fsp3) is 0.333. The van der Waals surface area contributed by atoms with Crippen molar-refractivity contribution in [2.45, 2.75) is 58.7 Å². The number of hydrogen-bond donors (Lipinski definition) is 1. The average Bonchev–Trinajstić information content (AvgIpc) is 3.44. The van der Waals surface area contributed by atoms with Crippen LogP contribution in [0.15, 0.2) is 83.5 Å². The Kier molecular flexibility index (Phi) is 10.5. The van der Waals surface area contributed by atoms with Crippen molar-refractivity contribution in [3.63, 3.8) is 0 Å². The maximum atomic E-state index is 9.33. The summed E-state index contributed by atoms with van der Waals surface area (Å²) in [6.45, 7) is 10.5. The molecule has 0 radical (unpaired) electrons. The van der Waals surface area contributed by atoms with Crippen LogP contribution in [0.25, 0.3) is 22.3 Å². The lowest BCUT2D eigenvalue weighted by Crippen LogP contribution is -2.18. The van der Waals surface area contributed by atoms with Gasteiger partial charge in [0.25, 0.3) is 0 Å². The maximum absolute atomic E-state index is 9.33. The Balaban J connectivity index is 1.52. The Bertz CT molecular complexity index is 1340. The van der Waals surface area contributed by atoms with Crippen LogP contribution in [0.2, 0.25) is 5.02 Å². The highest BCUT2D eigenvalue weighted by molar-refractivity contribution is 6.33. The van der Waals surface area contributed by atoms with Gasteiger partial charge in [0.05, 0.1) is 30.7 Å². The summed E-state index contributed by atoms with van der Waals surface area (Å²) < 4.78 is 11.7. The maximum Gasteiger partial charge on any atom is 0.188 e. The smallest absolute Gasteiger partial charge is 0.188 e. The summed E-state index contributed by atoms with van der Waals surface area (Å²) in [5.41, 5.74) is 6.91. The number of halogens is 1. The van der Waals surface area contributed by atoms with Crippen molar-refractivity contribution in [2.24, 2.45) is 10.1 Å². The number of anilines is 1. The summed E-state index contributed by atoms with van der Waals surface area (Å²) in [4.78, 5) is 4.83. The molecule has 7 heteroatoms. The van der Waals surface area contributed by atoms with Crippen LogP contribution in [0.3, 0.4) is 0 Å². The van der Waals surface area contributed by atoms with E-state index >= 15 is 0 Å². The van der Waals surface area contributed by atoms with Crippen molar-refractivity contribution in [2.75, 3.05) is 18.2 Å². The third kappa shape index (κ3) is 7.39. The van der Waals surface area contributed by atoms with E-state index in [1.807, 2.05) is 44.3 Å². The van der Waals surface area contributed by atoms with Crippen LogP contribution >= 0.6 is 11.6 Å². The van der Waals surface area contributed by atoms with Gasteiger partial charge in [0.2, 0.25) is 0 Å². The predicted molar refractivity (Wildman–Crippen MR) is 167 cm³/mol. The van der Waals surface area contributed by atoms with E-state index in [2.05, 4.69) is 55.0 Å². The number of ether oxygens (including phenoxy) is 2. The van der Waals surface area contributed by atoms with Gasteiger partial charge < -0.3 is 14.6 Å². The van der Waals surface area contributed by atoms with Gasteiger partial charge in [-0.15, -0.1) is 0 Å². The minimum atomic E-state index is -0.167. The molecule has 2 atom stereocenters.